The van der Waals surface area contributed by atoms with E-state index in [1.165, 1.54) is 0 Å². The van der Waals surface area contributed by atoms with Gasteiger partial charge in [-0.3, -0.25) is 0 Å². The molecule has 1 aromatic carbocycles. The topological polar surface area (TPSA) is 44.5 Å². The average Bonchev–Trinajstić information content (AvgIpc) is 2.35. The van der Waals surface area contributed by atoms with E-state index in [4.69, 9.17) is 15.2 Å². The van der Waals surface area contributed by atoms with Crippen LogP contribution in [0.25, 0.3) is 0 Å². The maximum absolute atomic E-state index is 5.74. The molecule has 3 nitrogen and oxygen atoms in total. The van der Waals surface area contributed by atoms with Crippen LogP contribution in [0.15, 0.2) is 18.2 Å². The molecule has 0 bridgehead atoms. The molecule has 0 aliphatic heterocycles. The van der Waals surface area contributed by atoms with Gasteiger partial charge in [-0.05, 0) is 23.6 Å². The third kappa shape index (κ3) is 3.42. The van der Waals surface area contributed by atoms with E-state index in [0.29, 0.717) is 19.1 Å². The van der Waals surface area contributed by atoms with Crippen LogP contribution in [0.1, 0.15) is 25.8 Å². The molecule has 1 aromatic rings. The zero-order chi connectivity index (χ0) is 12.0. The SMILES string of the molecule is CCC(C)COc1cc(CN)ccc1OC. The molecule has 16 heavy (non-hydrogen) atoms. The largest absolute Gasteiger partial charge is 0.493 e. The van der Waals surface area contributed by atoms with Gasteiger partial charge in [0.25, 0.3) is 0 Å². The van der Waals surface area contributed by atoms with Crippen molar-refractivity contribution in [2.45, 2.75) is 26.8 Å². The van der Waals surface area contributed by atoms with E-state index in [9.17, 15) is 0 Å². The van der Waals surface area contributed by atoms with Crippen LogP contribution in [0.2, 0.25) is 0 Å². The Bertz CT molecular complexity index is 326. The second-order valence-corrected chi connectivity index (χ2v) is 4.01. The summed E-state index contributed by atoms with van der Waals surface area (Å²) in [6.07, 6.45) is 1.11. The fourth-order valence-electron chi connectivity index (χ4n) is 1.31. The van der Waals surface area contributed by atoms with Gasteiger partial charge in [-0.1, -0.05) is 26.3 Å². The molecule has 0 amide bonds. The predicted octanol–water partition coefficient (Wildman–Crippen LogP) is 2.58. The summed E-state index contributed by atoms with van der Waals surface area (Å²) in [4.78, 5) is 0. The molecule has 0 heterocycles. The van der Waals surface area contributed by atoms with Gasteiger partial charge in [0.1, 0.15) is 0 Å². The lowest BCUT2D eigenvalue weighted by Crippen LogP contribution is -2.08. The van der Waals surface area contributed by atoms with E-state index in [2.05, 4.69) is 13.8 Å². The lowest BCUT2D eigenvalue weighted by Gasteiger charge is -2.14. The summed E-state index contributed by atoms with van der Waals surface area (Å²) in [5.74, 6) is 2.09. The number of rotatable bonds is 6. The van der Waals surface area contributed by atoms with Crippen LogP contribution in [-0.2, 0) is 6.54 Å². The summed E-state index contributed by atoms with van der Waals surface area (Å²) < 4.78 is 11.0. The number of benzene rings is 1. The van der Waals surface area contributed by atoms with Crippen molar-refractivity contribution in [2.75, 3.05) is 13.7 Å². The van der Waals surface area contributed by atoms with Crippen LogP contribution in [-0.4, -0.2) is 13.7 Å². The molecule has 0 spiro atoms. The van der Waals surface area contributed by atoms with Crippen molar-refractivity contribution in [3.63, 3.8) is 0 Å². The average molecular weight is 223 g/mol. The second kappa shape index (κ2) is 6.38. The molecule has 1 unspecified atom stereocenters. The van der Waals surface area contributed by atoms with Crippen molar-refractivity contribution in [1.82, 2.24) is 0 Å². The fraction of sp³-hybridized carbons (Fsp3) is 0.538. The van der Waals surface area contributed by atoms with Crippen LogP contribution < -0.4 is 15.2 Å². The lowest BCUT2D eigenvalue weighted by atomic mass is 10.1. The van der Waals surface area contributed by atoms with E-state index < -0.39 is 0 Å². The Morgan fingerprint density at radius 1 is 1.31 bits per heavy atom. The molecule has 1 rings (SSSR count). The number of nitrogens with two attached hydrogens (primary N) is 1. The maximum Gasteiger partial charge on any atom is 0.161 e. The minimum absolute atomic E-state index is 0.518. The van der Waals surface area contributed by atoms with Gasteiger partial charge in [-0.2, -0.15) is 0 Å². The van der Waals surface area contributed by atoms with E-state index in [1.807, 2.05) is 18.2 Å². The van der Waals surface area contributed by atoms with E-state index in [1.54, 1.807) is 7.11 Å². The number of hydrogen-bond acceptors (Lipinski definition) is 3. The van der Waals surface area contributed by atoms with Gasteiger partial charge in [0.2, 0.25) is 0 Å². The molecule has 0 saturated heterocycles. The molecule has 0 aliphatic carbocycles. The van der Waals surface area contributed by atoms with Gasteiger partial charge >= 0.3 is 0 Å². The van der Waals surface area contributed by atoms with Crippen molar-refractivity contribution in [2.24, 2.45) is 11.7 Å². The van der Waals surface area contributed by atoms with E-state index in [0.717, 1.165) is 23.5 Å². The molecular weight excluding hydrogens is 202 g/mol. The number of methoxy groups -OCH3 is 1. The molecule has 0 fully saturated rings. The smallest absolute Gasteiger partial charge is 0.161 e. The Kier molecular flexibility index (Phi) is 5.12. The standard InChI is InChI=1S/C13H21NO2/c1-4-10(2)9-16-13-7-11(8-14)5-6-12(13)15-3/h5-7,10H,4,8-9,14H2,1-3H3. The van der Waals surface area contributed by atoms with Crippen LogP contribution in [0.5, 0.6) is 11.5 Å². The first kappa shape index (κ1) is 12.8. The molecule has 1 atom stereocenters. The summed E-state index contributed by atoms with van der Waals surface area (Å²) in [6, 6.07) is 5.80. The maximum atomic E-state index is 5.74. The third-order valence-electron chi connectivity index (χ3n) is 2.68. The van der Waals surface area contributed by atoms with Crippen LogP contribution in [0.3, 0.4) is 0 Å². The van der Waals surface area contributed by atoms with Gasteiger partial charge in [0, 0.05) is 6.54 Å². The third-order valence-corrected chi connectivity index (χ3v) is 2.68. The van der Waals surface area contributed by atoms with E-state index >= 15 is 0 Å². The highest BCUT2D eigenvalue weighted by Crippen LogP contribution is 2.28. The van der Waals surface area contributed by atoms with Crippen LogP contribution >= 0.6 is 0 Å². The zero-order valence-electron chi connectivity index (χ0n) is 10.3. The molecule has 3 heteroatoms. The van der Waals surface area contributed by atoms with Crippen LogP contribution in [0.4, 0.5) is 0 Å². The quantitative estimate of drug-likeness (QED) is 0.806. The Morgan fingerprint density at radius 3 is 2.62 bits per heavy atom. The zero-order valence-corrected chi connectivity index (χ0v) is 10.3. The molecule has 2 N–H and O–H groups in total. The Labute approximate surface area is 97.6 Å². The molecule has 0 aliphatic rings. The molecule has 0 radical (unpaired) electrons. The highest BCUT2D eigenvalue weighted by molar-refractivity contribution is 5.42. The molecule has 0 saturated carbocycles. The summed E-state index contributed by atoms with van der Waals surface area (Å²) in [5, 5.41) is 0. The highest BCUT2D eigenvalue weighted by atomic mass is 16.5. The fourth-order valence-corrected chi connectivity index (χ4v) is 1.31. The van der Waals surface area contributed by atoms with Gasteiger partial charge in [-0.25, -0.2) is 0 Å². The van der Waals surface area contributed by atoms with Crippen molar-refractivity contribution in [3.8, 4) is 11.5 Å². The summed E-state index contributed by atoms with van der Waals surface area (Å²) in [6.45, 7) is 5.55. The Hall–Kier alpha value is -1.22. The summed E-state index contributed by atoms with van der Waals surface area (Å²) >= 11 is 0. The van der Waals surface area contributed by atoms with Gasteiger partial charge in [0.15, 0.2) is 11.5 Å². The van der Waals surface area contributed by atoms with Crippen molar-refractivity contribution >= 4 is 0 Å². The highest BCUT2D eigenvalue weighted by Gasteiger charge is 2.07. The monoisotopic (exact) mass is 223 g/mol. The summed E-state index contributed by atoms with van der Waals surface area (Å²) in [5.41, 5.74) is 6.65. The molecular formula is C13H21NO2. The van der Waals surface area contributed by atoms with Crippen molar-refractivity contribution in [1.29, 1.82) is 0 Å². The lowest BCUT2D eigenvalue weighted by molar-refractivity contribution is 0.244. The first-order chi connectivity index (χ1) is 7.71. The Morgan fingerprint density at radius 2 is 2.06 bits per heavy atom. The normalized spacial score (nSPS) is 12.2. The Balaban J connectivity index is 2.75. The first-order valence-corrected chi connectivity index (χ1v) is 5.71. The number of hydrogen-bond donors (Lipinski definition) is 1. The van der Waals surface area contributed by atoms with E-state index in [-0.39, 0.29) is 0 Å². The minimum atomic E-state index is 0.518. The predicted molar refractivity (Wildman–Crippen MR) is 65.8 cm³/mol. The van der Waals surface area contributed by atoms with Gasteiger partial charge in [0.05, 0.1) is 13.7 Å². The van der Waals surface area contributed by atoms with Gasteiger partial charge in [-0.15, -0.1) is 0 Å². The first-order valence-electron chi connectivity index (χ1n) is 5.71. The summed E-state index contributed by atoms with van der Waals surface area (Å²) in [7, 11) is 1.65. The molecule has 0 aromatic heterocycles. The molecule has 90 valence electrons. The minimum Gasteiger partial charge on any atom is -0.493 e. The van der Waals surface area contributed by atoms with Crippen LogP contribution in [0, 0.1) is 5.92 Å². The second-order valence-electron chi connectivity index (χ2n) is 4.01. The van der Waals surface area contributed by atoms with Crippen molar-refractivity contribution in [3.05, 3.63) is 23.8 Å². The van der Waals surface area contributed by atoms with Gasteiger partial charge < -0.3 is 15.2 Å². The van der Waals surface area contributed by atoms with Crippen molar-refractivity contribution < 1.29 is 9.47 Å². The number of ether oxygens (including phenoxy) is 2.